The summed E-state index contributed by atoms with van der Waals surface area (Å²) in [6, 6.07) is 2.64. The van der Waals surface area contributed by atoms with Crippen LogP contribution in [0.1, 0.15) is 10.4 Å². The smallest absolute Gasteiger partial charge is 0.155 e. The molecule has 0 saturated carbocycles. The highest BCUT2D eigenvalue weighted by molar-refractivity contribution is 9.10. The predicted molar refractivity (Wildman–Crippen MR) is 43.9 cm³/mol. The molecule has 0 spiro atoms. The lowest BCUT2D eigenvalue weighted by molar-refractivity contribution is 0.112. The average molecular weight is 218 g/mol. The highest BCUT2D eigenvalue weighted by atomic mass is 79.9. The number of hydrogen-bond acceptors (Lipinski definition) is 2. The molecule has 0 saturated heterocycles. The fourth-order valence-corrected chi connectivity index (χ4v) is 1.05. The van der Waals surface area contributed by atoms with Gasteiger partial charge in [-0.3, -0.25) is 4.79 Å². The number of aldehydes is 1. The van der Waals surface area contributed by atoms with Gasteiger partial charge in [0.05, 0.1) is 11.3 Å². The quantitative estimate of drug-likeness (QED) is 0.578. The van der Waals surface area contributed by atoms with E-state index in [1.54, 1.807) is 0 Å². The summed E-state index contributed by atoms with van der Waals surface area (Å²) < 4.78 is 13.2. The van der Waals surface area contributed by atoms with E-state index in [-0.39, 0.29) is 11.3 Å². The second-order valence-electron chi connectivity index (χ2n) is 1.97. The van der Waals surface area contributed by atoms with Crippen LogP contribution in [-0.4, -0.2) is 6.29 Å². The van der Waals surface area contributed by atoms with E-state index in [0.29, 0.717) is 10.8 Å². The second-order valence-corrected chi connectivity index (χ2v) is 2.83. The van der Waals surface area contributed by atoms with Crippen molar-refractivity contribution < 1.29 is 9.18 Å². The van der Waals surface area contributed by atoms with Gasteiger partial charge in [0.25, 0.3) is 0 Å². The Labute approximate surface area is 71.3 Å². The van der Waals surface area contributed by atoms with Gasteiger partial charge in [0.1, 0.15) is 5.82 Å². The zero-order valence-corrected chi connectivity index (χ0v) is 7.06. The molecular weight excluding hydrogens is 213 g/mol. The zero-order chi connectivity index (χ0) is 8.43. The van der Waals surface area contributed by atoms with Gasteiger partial charge in [-0.1, -0.05) is 0 Å². The summed E-state index contributed by atoms with van der Waals surface area (Å²) in [5, 5.41) is 0. The van der Waals surface area contributed by atoms with E-state index >= 15 is 0 Å². The largest absolute Gasteiger partial charge is 0.397 e. The molecule has 1 rings (SSSR count). The number of benzene rings is 1. The first kappa shape index (κ1) is 8.20. The molecule has 0 fully saturated rings. The van der Waals surface area contributed by atoms with Gasteiger partial charge in [-0.25, -0.2) is 4.39 Å². The molecule has 0 aliphatic carbocycles. The first-order valence-corrected chi connectivity index (χ1v) is 3.64. The SMILES string of the molecule is Nc1c(Br)ccc(F)c1C=O. The van der Waals surface area contributed by atoms with Crippen LogP contribution in [0.5, 0.6) is 0 Å². The van der Waals surface area contributed by atoms with Gasteiger partial charge in [-0.15, -0.1) is 0 Å². The minimum absolute atomic E-state index is 0.0978. The Kier molecular flexibility index (Phi) is 2.24. The molecule has 0 amide bonds. The van der Waals surface area contributed by atoms with E-state index in [2.05, 4.69) is 15.9 Å². The van der Waals surface area contributed by atoms with Crippen LogP contribution in [0.3, 0.4) is 0 Å². The lowest BCUT2D eigenvalue weighted by Gasteiger charge is -2.01. The van der Waals surface area contributed by atoms with Crippen molar-refractivity contribution in [3.05, 3.63) is 28.0 Å². The number of nitrogens with two attached hydrogens (primary N) is 1. The van der Waals surface area contributed by atoms with Gasteiger partial charge in [-0.05, 0) is 28.1 Å². The van der Waals surface area contributed by atoms with Crippen LogP contribution < -0.4 is 5.73 Å². The molecule has 0 aromatic heterocycles. The summed E-state index contributed by atoms with van der Waals surface area (Å²) in [6.45, 7) is 0. The van der Waals surface area contributed by atoms with Gasteiger partial charge < -0.3 is 5.73 Å². The monoisotopic (exact) mass is 217 g/mol. The Bertz CT molecular complexity index is 301. The normalized spacial score (nSPS) is 9.64. The highest BCUT2D eigenvalue weighted by Gasteiger charge is 2.07. The van der Waals surface area contributed by atoms with E-state index in [9.17, 15) is 9.18 Å². The van der Waals surface area contributed by atoms with E-state index in [0.717, 1.165) is 0 Å². The summed E-state index contributed by atoms with van der Waals surface area (Å²) in [5.74, 6) is -0.597. The van der Waals surface area contributed by atoms with E-state index in [4.69, 9.17) is 5.73 Å². The van der Waals surface area contributed by atoms with Crippen LogP contribution in [0.4, 0.5) is 10.1 Å². The first-order valence-electron chi connectivity index (χ1n) is 2.85. The van der Waals surface area contributed by atoms with Gasteiger partial charge >= 0.3 is 0 Å². The molecule has 58 valence electrons. The maximum absolute atomic E-state index is 12.7. The number of nitrogen functional groups attached to an aromatic ring is 1. The first-order chi connectivity index (χ1) is 5.16. The molecule has 1 aromatic carbocycles. The minimum Gasteiger partial charge on any atom is -0.397 e. The number of rotatable bonds is 1. The number of carbonyl (C=O) groups excluding carboxylic acids is 1. The molecule has 0 heterocycles. The summed E-state index contributed by atoms with van der Waals surface area (Å²) >= 11 is 3.07. The van der Waals surface area contributed by atoms with Gasteiger partial charge in [0.15, 0.2) is 6.29 Å². The second kappa shape index (κ2) is 3.00. The van der Waals surface area contributed by atoms with Crippen molar-refractivity contribution >= 4 is 27.9 Å². The lowest BCUT2D eigenvalue weighted by Crippen LogP contribution is -1.97. The van der Waals surface area contributed by atoms with E-state index in [1.807, 2.05) is 0 Å². The number of carbonyl (C=O) groups is 1. The minimum atomic E-state index is -0.597. The number of halogens is 2. The summed E-state index contributed by atoms with van der Waals surface area (Å²) in [7, 11) is 0. The number of anilines is 1. The summed E-state index contributed by atoms with van der Waals surface area (Å²) in [4.78, 5) is 10.3. The maximum Gasteiger partial charge on any atom is 0.155 e. The topological polar surface area (TPSA) is 43.1 Å². The molecule has 11 heavy (non-hydrogen) atoms. The van der Waals surface area contributed by atoms with E-state index in [1.165, 1.54) is 12.1 Å². The molecule has 0 radical (unpaired) electrons. The zero-order valence-electron chi connectivity index (χ0n) is 5.47. The van der Waals surface area contributed by atoms with Crippen molar-refractivity contribution in [2.75, 3.05) is 5.73 Å². The highest BCUT2D eigenvalue weighted by Crippen LogP contribution is 2.23. The Morgan fingerprint density at radius 2 is 2.18 bits per heavy atom. The maximum atomic E-state index is 12.7. The third-order valence-electron chi connectivity index (χ3n) is 1.30. The predicted octanol–water partition coefficient (Wildman–Crippen LogP) is 1.98. The van der Waals surface area contributed by atoms with Gasteiger partial charge in [-0.2, -0.15) is 0 Å². The van der Waals surface area contributed by atoms with Crippen molar-refractivity contribution in [2.24, 2.45) is 0 Å². The average Bonchev–Trinajstić information content (AvgIpc) is 1.99. The van der Waals surface area contributed by atoms with Crippen LogP contribution in [0, 0.1) is 5.82 Å². The van der Waals surface area contributed by atoms with Crippen molar-refractivity contribution in [1.29, 1.82) is 0 Å². The van der Waals surface area contributed by atoms with Gasteiger partial charge in [0.2, 0.25) is 0 Å². The van der Waals surface area contributed by atoms with E-state index < -0.39 is 5.82 Å². The molecule has 2 N–H and O–H groups in total. The molecule has 0 unspecified atom stereocenters. The summed E-state index contributed by atoms with van der Waals surface area (Å²) in [6.07, 6.45) is 0.398. The molecule has 1 aromatic rings. The fraction of sp³-hybridized carbons (Fsp3) is 0. The Morgan fingerprint density at radius 1 is 1.55 bits per heavy atom. The van der Waals surface area contributed by atoms with Gasteiger partial charge in [0, 0.05) is 4.47 Å². The Morgan fingerprint density at radius 3 is 2.64 bits per heavy atom. The standard InChI is InChI=1S/C7H5BrFNO/c8-5-1-2-6(9)4(3-11)7(5)10/h1-3H,10H2. The third-order valence-corrected chi connectivity index (χ3v) is 1.99. The van der Waals surface area contributed by atoms with Crippen molar-refractivity contribution in [3.8, 4) is 0 Å². The number of hydrogen-bond donors (Lipinski definition) is 1. The Hall–Kier alpha value is -0.900. The lowest BCUT2D eigenvalue weighted by atomic mass is 10.2. The molecule has 2 nitrogen and oxygen atoms in total. The van der Waals surface area contributed by atoms with Crippen molar-refractivity contribution in [1.82, 2.24) is 0 Å². The molecule has 4 heteroatoms. The van der Waals surface area contributed by atoms with Crippen LogP contribution in [0.2, 0.25) is 0 Å². The molecule has 0 atom stereocenters. The Balaban J connectivity index is 3.40. The van der Waals surface area contributed by atoms with Crippen LogP contribution in [-0.2, 0) is 0 Å². The molecule has 0 bridgehead atoms. The fourth-order valence-electron chi connectivity index (χ4n) is 0.703. The van der Waals surface area contributed by atoms with Crippen LogP contribution >= 0.6 is 15.9 Å². The molecular formula is C7H5BrFNO. The van der Waals surface area contributed by atoms with Crippen molar-refractivity contribution in [3.63, 3.8) is 0 Å². The van der Waals surface area contributed by atoms with Crippen LogP contribution in [0.15, 0.2) is 16.6 Å². The molecule has 0 aliphatic heterocycles. The van der Waals surface area contributed by atoms with Crippen LogP contribution in [0.25, 0.3) is 0 Å². The van der Waals surface area contributed by atoms with Crippen molar-refractivity contribution in [2.45, 2.75) is 0 Å². The molecule has 0 aliphatic rings. The summed E-state index contributed by atoms with van der Waals surface area (Å²) in [5.41, 5.74) is 5.42. The third kappa shape index (κ3) is 1.40.